The number of para-hydroxylation sites is 1. The van der Waals surface area contributed by atoms with E-state index in [0.29, 0.717) is 5.65 Å². The molecule has 1 aromatic carbocycles. The molecule has 0 saturated heterocycles. The minimum atomic E-state index is -0.595. The number of hydrogen-bond donors (Lipinski definition) is 0. The Labute approximate surface area is 157 Å². The maximum atomic E-state index is 12.7. The van der Waals surface area contributed by atoms with Gasteiger partial charge < -0.3 is 14.0 Å². The summed E-state index contributed by atoms with van der Waals surface area (Å²) in [5.74, 6) is -0.815. The third-order valence-corrected chi connectivity index (χ3v) is 4.94. The molecule has 1 aliphatic heterocycles. The molecule has 6 nitrogen and oxygen atoms in total. The molecule has 0 N–H and O–H groups in total. The van der Waals surface area contributed by atoms with Crippen LogP contribution in [-0.4, -0.2) is 33.9 Å². The van der Waals surface area contributed by atoms with E-state index in [1.54, 1.807) is 15.5 Å². The number of hydrogen-bond acceptors (Lipinski definition) is 4. The van der Waals surface area contributed by atoms with E-state index in [1.807, 2.05) is 56.4 Å². The molecular formula is C21H21N3O3. The van der Waals surface area contributed by atoms with Crippen LogP contribution in [0, 0.1) is 6.92 Å². The molecule has 4 rings (SSSR count). The number of amides is 1. The van der Waals surface area contributed by atoms with Gasteiger partial charge in [-0.3, -0.25) is 4.79 Å². The van der Waals surface area contributed by atoms with Crippen molar-refractivity contribution in [1.82, 2.24) is 9.38 Å². The summed E-state index contributed by atoms with van der Waals surface area (Å²) in [6, 6.07) is 11.8. The van der Waals surface area contributed by atoms with E-state index in [2.05, 4.69) is 4.98 Å². The van der Waals surface area contributed by atoms with Crippen molar-refractivity contribution in [2.45, 2.75) is 32.7 Å². The van der Waals surface area contributed by atoms with Crippen LogP contribution in [0.5, 0.6) is 0 Å². The van der Waals surface area contributed by atoms with Gasteiger partial charge in [0.15, 0.2) is 12.3 Å². The van der Waals surface area contributed by atoms with Crippen LogP contribution in [0.1, 0.15) is 35.0 Å². The van der Waals surface area contributed by atoms with Gasteiger partial charge in [-0.05, 0) is 56.0 Å². The summed E-state index contributed by atoms with van der Waals surface area (Å²) < 4.78 is 7.02. The van der Waals surface area contributed by atoms with Gasteiger partial charge in [-0.15, -0.1) is 0 Å². The lowest BCUT2D eigenvalue weighted by atomic mass is 9.96. The summed E-state index contributed by atoms with van der Waals surface area (Å²) >= 11 is 0. The Morgan fingerprint density at radius 1 is 1.26 bits per heavy atom. The van der Waals surface area contributed by atoms with Gasteiger partial charge in [-0.2, -0.15) is 0 Å². The first-order chi connectivity index (χ1) is 13.0. The van der Waals surface area contributed by atoms with Crippen molar-refractivity contribution in [3.63, 3.8) is 0 Å². The van der Waals surface area contributed by atoms with Crippen molar-refractivity contribution in [2.24, 2.45) is 0 Å². The summed E-state index contributed by atoms with van der Waals surface area (Å²) in [7, 11) is 0. The molecule has 0 spiro atoms. The quantitative estimate of drug-likeness (QED) is 0.671. The first-order valence-electron chi connectivity index (χ1n) is 9.05. The average Bonchev–Trinajstić information content (AvgIpc) is 3.09. The Hall–Kier alpha value is -3.15. The van der Waals surface area contributed by atoms with E-state index in [1.165, 1.54) is 0 Å². The monoisotopic (exact) mass is 363 g/mol. The standard InChI is InChI=1S/C21H21N3O3/c1-14-9-10-23-12-17(22-19(23)11-14)21(26)27-13-20(25)24-15(2)7-8-16-5-3-4-6-18(16)24/h3-6,9-12,15H,7-8,13H2,1-2H3. The fraction of sp³-hybridized carbons (Fsp3) is 0.286. The van der Waals surface area contributed by atoms with Crippen molar-refractivity contribution in [2.75, 3.05) is 11.5 Å². The Morgan fingerprint density at radius 2 is 2.07 bits per heavy atom. The number of aromatic nitrogens is 2. The molecule has 3 heterocycles. The predicted octanol–water partition coefficient (Wildman–Crippen LogP) is 3.17. The molecule has 3 aromatic rings. The van der Waals surface area contributed by atoms with Crippen molar-refractivity contribution in [3.8, 4) is 0 Å². The molecule has 0 bridgehead atoms. The Kier molecular flexibility index (Phi) is 4.39. The number of ether oxygens (including phenoxy) is 1. The predicted molar refractivity (Wildman–Crippen MR) is 102 cm³/mol. The minimum absolute atomic E-state index is 0.0734. The van der Waals surface area contributed by atoms with Gasteiger partial charge >= 0.3 is 5.97 Å². The second-order valence-corrected chi connectivity index (χ2v) is 6.95. The van der Waals surface area contributed by atoms with Gasteiger partial charge in [0.05, 0.1) is 0 Å². The second kappa shape index (κ2) is 6.87. The number of esters is 1. The lowest BCUT2D eigenvalue weighted by Gasteiger charge is -2.35. The van der Waals surface area contributed by atoms with Gasteiger partial charge in [0, 0.05) is 24.1 Å². The van der Waals surface area contributed by atoms with Gasteiger partial charge in [0.1, 0.15) is 5.65 Å². The maximum Gasteiger partial charge on any atom is 0.359 e. The van der Waals surface area contributed by atoms with Crippen LogP contribution in [0.2, 0.25) is 0 Å². The maximum absolute atomic E-state index is 12.7. The van der Waals surface area contributed by atoms with E-state index in [-0.39, 0.29) is 24.2 Å². The first-order valence-corrected chi connectivity index (χ1v) is 9.05. The largest absolute Gasteiger partial charge is 0.451 e. The highest BCUT2D eigenvalue weighted by molar-refractivity contribution is 5.98. The van der Waals surface area contributed by atoms with Crippen LogP contribution in [0.3, 0.4) is 0 Å². The van der Waals surface area contributed by atoms with E-state index in [0.717, 1.165) is 29.7 Å². The summed E-state index contributed by atoms with van der Waals surface area (Å²) in [6.45, 7) is 3.67. The SMILES string of the molecule is Cc1ccn2cc(C(=O)OCC(=O)N3c4ccccc4CCC3C)nc2c1. The number of imidazole rings is 1. The molecule has 0 fully saturated rings. The molecule has 1 unspecified atom stereocenters. The molecule has 1 atom stereocenters. The van der Waals surface area contributed by atoms with Gasteiger partial charge in [0.25, 0.3) is 5.91 Å². The number of carbonyl (C=O) groups excluding carboxylic acids is 2. The highest BCUT2D eigenvalue weighted by Crippen LogP contribution is 2.30. The lowest BCUT2D eigenvalue weighted by molar-refractivity contribution is -0.122. The Morgan fingerprint density at radius 3 is 2.93 bits per heavy atom. The van der Waals surface area contributed by atoms with E-state index in [9.17, 15) is 9.59 Å². The zero-order valence-electron chi connectivity index (χ0n) is 15.4. The Balaban J connectivity index is 1.47. The molecule has 138 valence electrons. The molecule has 2 aromatic heterocycles. The highest BCUT2D eigenvalue weighted by atomic mass is 16.5. The number of rotatable bonds is 3. The first kappa shape index (κ1) is 17.3. The second-order valence-electron chi connectivity index (χ2n) is 6.95. The molecule has 27 heavy (non-hydrogen) atoms. The summed E-state index contributed by atoms with van der Waals surface area (Å²) in [5, 5.41) is 0. The molecule has 0 radical (unpaired) electrons. The van der Waals surface area contributed by atoms with Crippen molar-refractivity contribution >= 4 is 23.2 Å². The molecular weight excluding hydrogens is 342 g/mol. The average molecular weight is 363 g/mol. The molecule has 0 saturated carbocycles. The fourth-order valence-electron chi connectivity index (χ4n) is 3.52. The van der Waals surface area contributed by atoms with E-state index < -0.39 is 5.97 Å². The van der Waals surface area contributed by atoms with Crippen molar-refractivity contribution in [3.05, 3.63) is 65.6 Å². The van der Waals surface area contributed by atoms with E-state index >= 15 is 0 Å². The Bertz CT molecular complexity index is 1020. The zero-order valence-corrected chi connectivity index (χ0v) is 15.4. The molecule has 0 aliphatic carbocycles. The zero-order chi connectivity index (χ0) is 19.0. The molecule has 1 aliphatic rings. The van der Waals surface area contributed by atoms with Crippen molar-refractivity contribution < 1.29 is 14.3 Å². The molecule has 6 heteroatoms. The number of aryl methyl sites for hydroxylation is 2. The topological polar surface area (TPSA) is 63.9 Å². The number of benzene rings is 1. The summed E-state index contributed by atoms with van der Waals surface area (Å²) in [6.07, 6.45) is 5.29. The summed E-state index contributed by atoms with van der Waals surface area (Å²) in [4.78, 5) is 31.1. The normalized spacial score (nSPS) is 16.2. The highest BCUT2D eigenvalue weighted by Gasteiger charge is 2.28. The van der Waals surface area contributed by atoms with Crippen LogP contribution in [0.25, 0.3) is 5.65 Å². The number of carbonyl (C=O) groups is 2. The van der Waals surface area contributed by atoms with Crippen LogP contribution < -0.4 is 4.90 Å². The summed E-state index contributed by atoms with van der Waals surface area (Å²) in [5.41, 5.74) is 3.97. The number of anilines is 1. The van der Waals surface area contributed by atoms with Crippen LogP contribution >= 0.6 is 0 Å². The third-order valence-electron chi connectivity index (χ3n) is 4.94. The van der Waals surface area contributed by atoms with Crippen LogP contribution in [0.4, 0.5) is 5.69 Å². The molecule has 1 amide bonds. The lowest BCUT2D eigenvalue weighted by Crippen LogP contribution is -2.44. The van der Waals surface area contributed by atoms with Crippen LogP contribution in [0.15, 0.2) is 48.8 Å². The fourth-order valence-corrected chi connectivity index (χ4v) is 3.52. The minimum Gasteiger partial charge on any atom is -0.451 e. The van der Waals surface area contributed by atoms with Gasteiger partial charge in [0.2, 0.25) is 0 Å². The van der Waals surface area contributed by atoms with Gasteiger partial charge in [-0.1, -0.05) is 18.2 Å². The van der Waals surface area contributed by atoms with Gasteiger partial charge in [-0.25, -0.2) is 9.78 Å². The smallest absolute Gasteiger partial charge is 0.359 e. The number of pyridine rings is 1. The van der Waals surface area contributed by atoms with Crippen molar-refractivity contribution in [1.29, 1.82) is 0 Å². The number of nitrogens with zero attached hydrogens (tertiary/aromatic N) is 3. The van der Waals surface area contributed by atoms with E-state index in [4.69, 9.17) is 4.74 Å². The van der Waals surface area contributed by atoms with Crippen LogP contribution in [-0.2, 0) is 16.0 Å². The third kappa shape index (κ3) is 3.30. The number of fused-ring (bicyclic) bond motifs is 2.